The van der Waals surface area contributed by atoms with Gasteiger partial charge in [0.15, 0.2) is 0 Å². The van der Waals surface area contributed by atoms with Gasteiger partial charge in [0.25, 0.3) is 0 Å². The number of hydrogen-bond donors (Lipinski definition) is 0. The Morgan fingerprint density at radius 2 is 0.846 bits per heavy atom. The zero-order valence-corrected chi connectivity index (χ0v) is 18.5. The Kier molecular flexibility index (Phi) is 6.37. The van der Waals surface area contributed by atoms with Gasteiger partial charge in [0, 0.05) is 11.1 Å². The van der Waals surface area contributed by atoms with Gasteiger partial charge in [-0.25, -0.2) is 0 Å². The van der Waals surface area contributed by atoms with Gasteiger partial charge in [-0.15, -0.1) is 11.1 Å². The van der Waals surface area contributed by atoms with Crippen LogP contribution in [0, 0.1) is 22.9 Å². The molecule has 0 aliphatic carbocycles. The molecule has 0 aliphatic rings. The molecule has 0 bridgehead atoms. The monoisotopic (exact) mass is 374 g/mol. The predicted molar refractivity (Wildman–Crippen MR) is 118 cm³/mol. The molecule has 2 nitrogen and oxygen atoms in total. The molecule has 0 spiro atoms. The van der Waals surface area contributed by atoms with E-state index in [1.54, 1.807) is 0 Å². The second kappa shape index (κ2) is 8.32. The lowest BCUT2D eigenvalue weighted by atomic mass is 10.2. The lowest BCUT2D eigenvalue weighted by Gasteiger charge is -2.03. The van der Waals surface area contributed by atoms with Crippen LogP contribution in [0.2, 0.25) is 39.3 Å². The molecule has 0 fully saturated rings. The quantitative estimate of drug-likeness (QED) is 0.323. The molecule has 2 aromatic rings. The van der Waals surface area contributed by atoms with Gasteiger partial charge in [-0.05, 0) is 48.5 Å². The van der Waals surface area contributed by atoms with Crippen LogP contribution >= 0.6 is 0 Å². The van der Waals surface area contributed by atoms with Crippen molar-refractivity contribution in [1.29, 1.82) is 0 Å². The van der Waals surface area contributed by atoms with Crippen molar-refractivity contribution < 1.29 is 0 Å². The fourth-order valence-corrected chi connectivity index (χ4v) is 2.90. The molecule has 0 heterocycles. The van der Waals surface area contributed by atoms with E-state index in [2.05, 4.69) is 72.4 Å². The molecule has 0 aliphatic heterocycles. The number of hydrogen-bond acceptors (Lipinski definition) is 2. The van der Waals surface area contributed by atoms with Crippen molar-refractivity contribution in [3.63, 3.8) is 0 Å². The Hall–Kier alpha value is -2.41. The highest BCUT2D eigenvalue weighted by atomic mass is 28.3. The zero-order valence-electron chi connectivity index (χ0n) is 16.5. The van der Waals surface area contributed by atoms with Crippen LogP contribution in [-0.4, -0.2) is 16.1 Å². The smallest absolute Gasteiger partial charge is 0.129 e. The van der Waals surface area contributed by atoms with Crippen molar-refractivity contribution in [2.45, 2.75) is 39.3 Å². The van der Waals surface area contributed by atoms with Gasteiger partial charge in [0.1, 0.15) is 16.1 Å². The average Bonchev–Trinajstić information content (AvgIpc) is 2.57. The fraction of sp³-hybridized carbons (Fsp3) is 0.273. The highest BCUT2D eigenvalue weighted by molar-refractivity contribution is 6.84. The minimum atomic E-state index is -1.34. The molecule has 0 unspecified atom stereocenters. The molecular formula is C22H26N2Si2. The van der Waals surface area contributed by atoms with E-state index in [9.17, 15) is 0 Å². The van der Waals surface area contributed by atoms with E-state index in [0.29, 0.717) is 0 Å². The summed E-state index contributed by atoms with van der Waals surface area (Å²) in [5.41, 5.74) is 10.4. The van der Waals surface area contributed by atoms with E-state index in [1.807, 2.05) is 48.5 Å². The van der Waals surface area contributed by atoms with E-state index >= 15 is 0 Å². The van der Waals surface area contributed by atoms with Crippen molar-refractivity contribution in [2.75, 3.05) is 0 Å². The summed E-state index contributed by atoms with van der Waals surface area (Å²) in [6, 6.07) is 15.8. The fourth-order valence-electron chi connectivity index (χ4n) is 1.86. The molecule has 0 amide bonds. The van der Waals surface area contributed by atoms with Crippen LogP contribution in [0.25, 0.3) is 0 Å². The Balaban J connectivity index is 2.05. The first-order chi connectivity index (χ1) is 12.1. The summed E-state index contributed by atoms with van der Waals surface area (Å²) in [5, 5.41) is 8.60. The average molecular weight is 375 g/mol. The lowest BCUT2D eigenvalue weighted by Crippen LogP contribution is -2.16. The van der Waals surface area contributed by atoms with Gasteiger partial charge in [0.2, 0.25) is 0 Å². The van der Waals surface area contributed by atoms with Crippen molar-refractivity contribution >= 4 is 27.5 Å². The number of azo groups is 1. The highest BCUT2D eigenvalue weighted by Crippen LogP contribution is 2.19. The molecule has 0 saturated heterocycles. The maximum Gasteiger partial charge on any atom is 0.129 e. The third-order valence-electron chi connectivity index (χ3n) is 3.18. The summed E-state index contributed by atoms with van der Waals surface area (Å²) in [5.74, 6) is 6.49. The third kappa shape index (κ3) is 7.65. The SMILES string of the molecule is C[Si](C)(C)C#Cc1ccc(N=Nc2ccc(C#C[Si](C)(C)C)cc2)cc1. The molecule has 0 N–H and O–H groups in total. The topological polar surface area (TPSA) is 24.7 Å². The first kappa shape index (κ1) is 19.9. The summed E-state index contributed by atoms with van der Waals surface area (Å²) >= 11 is 0. The van der Waals surface area contributed by atoms with Crippen molar-refractivity contribution in [2.24, 2.45) is 10.2 Å². The maximum atomic E-state index is 4.30. The largest absolute Gasteiger partial charge is 0.151 e. The molecule has 26 heavy (non-hydrogen) atoms. The van der Waals surface area contributed by atoms with Crippen LogP contribution in [0.4, 0.5) is 11.4 Å². The van der Waals surface area contributed by atoms with E-state index in [4.69, 9.17) is 0 Å². The van der Waals surface area contributed by atoms with Gasteiger partial charge >= 0.3 is 0 Å². The molecule has 0 aromatic heterocycles. The first-order valence-corrected chi connectivity index (χ1v) is 15.8. The summed E-state index contributed by atoms with van der Waals surface area (Å²) in [4.78, 5) is 0. The Labute approximate surface area is 159 Å². The maximum absolute atomic E-state index is 4.30. The summed E-state index contributed by atoms with van der Waals surface area (Å²) < 4.78 is 0. The molecule has 0 saturated carbocycles. The van der Waals surface area contributed by atoms with Crippen molar-refractivity contribution in [1.82, 2.24) is 0 Å². The minimum absolute atomic E-state index is 0.825. The van der Waals surface area contributed by atoms with Crippen molar-refractivity contribution in [3.8, 4) is 22.9 Å². The number of rotatable bonds is 2. The second-order valence-electron chi connectivity index (χ2n) is 8.29. The number of nitrogens with zero attached hydrogens (tertiary/aromatic N) is 2. The standard InChI is InChI=1S/C22H26N2Si2/c1-25(2,3)17-15-19-7-11-21(12-8-19)23-24-22-13-9-20(10-14-22)16-18-26(4,5)6/h7-14H,1-6H3. The lowest BCUT2D eigenvalue weighted by molar-refractivity contribution is 1.23. The van der Waals surface area contributed by atoms with E-state index in [1.165, 1.54) is 0 Å². The normalized spacial score (nSPS) is 11.5. The van der Waals surface area contributed by atoms with Gasteiger partial charge in [0.05, 0.1) is 11.4 Å². The zero-order chi connectivity index (χ0) is 19.2. The summed E-state index contributed by atoms with van der Waals surface area (Å²) in [7, 11) is -2.69. The summed E-state index contributed by atoms with van der Waals surface area (Å²) in [6.07, 6.45) is 0. The molecule has 0 radical (unpaired) electrons. The molecule has 2 rings (SSSR count). The van der Waals surface area contributed by atoms with Gasteiger partial charge in [-0.2, -0.15) is 10.2 Å². The third-order valence-corrected chi connectivity index (χ3v) is 4.93. The van der Waals surface area contributed by atoms with Crippen LogP contribution in [0.3, 0.4) is 0 Å². The van der Waals surface area contributed by atoms with E-state index in [-0.39, 0.29) is 0 Å². The Morgan fingerprint density at radius 3 is 1.12 bits per heavy atom. The predicted octanol–water partition coefficient (Wildman–Crippen LogP) is 6.56. The highest BCUT2D eigenvalue weighted by Gasteiger charge is 2.08. The van der Waals surface area contributed by atoms with Crippen molar-refractivity contribution in [3.05, 3.63) is 59.7 Å². The van der Waals surface area contributed by atoms with Gasteiger partial charge in [-0.3, -0.25) is 0 Å². The molecular weight excluding hydrogens is 348 g/mol. The van der Waals surface area contributed by atoms with Crippen LogP contribution < -0.4 is 0 Å². The number of benzene rings is 2. The Morgan fingerprint density at radius 1 is 0.538 bits per heavy atom. The molecule has 132 valence electrons. The van der Waals surface area contributed by atoms with Gasteiger partial charge < -0.3 is 0 Å². The second-order valence-corrected chi connectivity index (χ2v) is 17.8. The summed E-state index contributed by atoms with van der Waals surface area (Å²) in [6.45, 7) is 13.4. The van der Waals surface area contributed by atoms with Crippen LogP contribution in [0.5, 0.6) is 0 Å². The first-order valence-electron chi connectivity index (χ1n) is 8.79. The Bertz CT molecular complexity index is 813. The van der Waals surface area contributed by atoms with E-state index in [0.717, 1.165) is 22.5 Å². The van der Waals surface area contributed by atoms with Crippen LogP contribution in [-0.2, 0) is 0 Å². The molecule has 2 aromatic carbocycles. The molecule has 0 atom stereocenters. The minimum Gasteiger partial charge on any atom is -0.151 e. The van der Waals surface area contributed by atoms with Crippen LogP contribution in [0.15, 0.2) is 58.8 Å². The molecule has 4 heteroatoms. The van der Waals surface area contributed by atoms with Crippen LogP contribution in [0.1, 0.15) is 11.1 Å². The van der Waals surface area contributed by atoms with E-state index < -0.39 is 16.1 Å². The van der Waals surface area contributed by atoms with Gasteiger partial charge in [-0.1, -0.05) is 51.1 Å².